The molecule has 0 spiro atoms. The number of hydrogen-bond donors (Lipinski definition) is 1. The summed E-state index contributed by atoms with van der Waals surface area (Å²) in [6.07, 6.45) is 4.00. The molecule has 0 aliphatic carbocycles. The second-order valence-corrected chi connectivity index (χ2v) is 6.25. The molecule has 0 amide bonds. The average Bonchev–Trinajstić information content (AvgIpc) is 2.70. The predicted molar refractivity (Wildman–Crippen MR) is 103 cm³/mol. The number of phenols is 1. The minimum Gasteiger partial charge on any atom is -0.507 e. The number of hydrogen-bond acceptors (Lipinski definition) is 11. The molecule has 0 aliphatic heterocycles. The van der Waals surface area contributed by atoms with E-state index in [2.05, 4.69) is 35.1 Å². The molecule has 1 aromatic carbocycles. The summed E-state index contributed by atoms with van der Waals surface area (Å²) in [5.74, 6) is -0.541. The summed E-state index contributed by atoms with van der Waals surface area (Å²) >= 11 is 0. The van der Waals surface area contributed by atoms with E-state index >= 15 is 0 Å². The van der Waals surface area contributed by atoms with Gasteiger partial charge in [-0.05, 0) is 37.1 Å². The molecule has 0 atom stereocenters. The number of carbonyl (C=O) groups excluding carboxylic acids is 1. The molecule has 3 rings (SSSR count). The maximum atomic E-state index is 12.4. The minimum absolute atomic E-state index is 0.0663. The lowest BCUT2D eigenvalue weighted by Gasteiger charge is -2.10. The molecule has 3 aromatic rings. The first kappa shape index (κ1) is 19.7. The largest absolute Gasteiger partial charge is 0.507 e. The van der Waals surface area contributed by atoms with Crippen LogP contribution in [0, 0.1) is 13.8 Å². The first-order valence-corrected chi connectivity index (χ1v) is 8.46. The van der Waals surface area contributed by atoms with Crippen LogP contribution < -0.4 is 9.64 Å². The van der Waals surface area contributed by atoms with Gasteiger partial charge in [0.25, 0.3) is 5.95 Å². The zero-order valence-corrected chi connectivity index (χ0v) is 16.2. The number of carbonyl (C=O) groups is 1. The highest BCUT2D eigenvalue weighted by Gasteiger charge is 2.17. The Morgan fingerprint density at radius 3 is 2.31 bits per heavy atom. The lowest BCUT2D eigenvalue weighted by molar-refractivity contribution is 0.0720. The van der Waals surface area contributed by atoms with Crippen molar-refractivity contribution in [3.05, 3.63) is 47.8 Å². The molecule has 0 aliphatic rings. The smallest absolute Gasteiger partial charge is 0.382 e. The van der Waals surface area contributed by atoms with Crippen LogP contribution in [0.1, 0.15) is 21.7 Å². The number of esters is 1. The zero-order chi connectivity index (χ0) is 21.0. The second kappa shape index (κ2) is 8.33. The summed E-state index contributed by atoms with van der Waals surface area (Å²) in [6, 6.07) is 3.34. The fourth-order valence-electron chi connectivity index (χ4n) is 2.27. The van der Waals surface area contributed by atoms with Crippen molar-refractivity contribution in [2.75, 3.05) is 19.0 Å². The summed E-state index contributed by atoms with van der Waals surface area (Å²) < 4.78 is 5.16. The number of aromatic hydroxyl groups is 1. The van der Waals surface area contributed by atoms with Crippen LogP contribution in [-0.2, 0) is 0 Å². The lowest BCUT2D eigenvalue weighted by Crippen LogP contribution is -2.19. The van der Waals surface area contributed by atoms with Gasteiger partial charge in [-0.3, -0.25) is 0 Å². The van der Waals surface area contributed by atoms with Crippen LogP contribution in [0.3, 0.4) is 0 Å². The van der Waals surface area contributed by atoms with E-state index in [0.717, 1.165) is 0 Å². The molecule has 11 heteroatoms. The maximum Gasteiger partial charge on any atom is 0.382 e. The van der Waals surface area contributed by atoms with Gasteiger partial charge in [-0.25, -0.2) is 14.8 Å². The number of phenolic OH excluding ortho intramolecular Hbond substituents is 1. The predicted octanol–water partition coefficient (Wildman–Crippen LogP) is 2.68. The van der Waals surface area contributed by atoms with Crippen LogP contribution in [-0.4, -0.2) is 50.1 Å². The lowest BCUT2D eigenvalue weighted by atomic mass is 10.1. The number of azo groups is 1. The minimum atomic E-state index is -0.807. The third-order valence-electron chi connectivity index (χ3n) is 3.67. The van der Waals surface area contributed by atoms with Crippen LogP contribution in [0.4, 0.5) is 17.6 Å². The number of nitrogens with zero attached hydrogens (tertiary/aromatic N) is 8. The number of aromatic nitrogens is 5. The van der Waals surface area contributed by atoms with E-state index < -0.39 is 5.97 Å². The van der Waals surface area contributed by atoms with Gasteiger partial charge in [0, 0.05) is 14.1 Å². The highest BCUT2D eigenvalue weighted by Crippen LogP contribution is 2.28. The van der Waals surface area contributed by atoms with E-state index in [-0.39, 0.29) is 29.2 Å². The first-order chi connectivity index (χ1) is 13.8. The Kier molecular flexibility index (Phi) is 5.67. The molecule has 1 N–H and O–H groups in total. The van der Waals surface area contributed by atoms with Crippen molar-refractivity contribution in [3.8, 4) is 11.5 Å². The van der Waals surface area contributed by atoms with E-state index in [0.29, 0.717) is 16.8 Å². The summed E-state index contributed by atoms with van der Waals surface area (Å²) in [6.45, 7) is 3.52. The van der Waals surface area contributed by atoms with Crippen LogP contribution in [0.25, 0.3) is 0 Å². The molecule has 0 saturated carbocycles. The number of anilines is 1. The Labute approximate surface area is 166 Å². The van der Waals surface area contributed by atoms with E-state index in [1.54, 1.807) is 45.0 Å². The van der Waals surface area contributed by atoms with Gasteiger partial charge in [0.15, 0.2) is 5.75 Å². The molecule has 0 radical (unpaired) electrons. The van der Waals surface area contributed by atoms with E-state index in [9.17, 15) is 9.90 Å². The molecule has 148 valence electrons. The van der Waals surface area contributed by atoms with Gasteiger partial charge in [0.2, 0.25) is 11.8 Å². The monoisotopic (exact) mass is 394 g/mol. The number of aryl methyl sites for hydroxylation is 2. The van der Waals surface area contributed by atoms with Crippen LogP contribution in [0.5, 0.6) is 11.5 Å². The Bertz CT molecular complexity index is 1050. The first-order valence-electron chi connectivity index (χ1n) is 8.46. The van der Waals surface area contributed by atoms with Crippen LogP contribution in [0.15, 0.2) is 41.1 Å². The quantitative estimate of drug-likeness (QED) is 0.511. The van der Waals surface area contributed by atoms with Gasteiger partial charge in [0.05, 0.1) is 18.1 Å². The maximum absolute atomic E-state index is 12.4. The molecule has 29 heavy (non-hydrogen) atoms. The Balaban J connectivity index is 1.91. The van der Waals surface area contributed by atoms with Gasteiger partial charge < -0.3 is 14.7 Å². The van der Waals surface area contributed by atoms with Crippen molar-refractivity contribution >= 4 is 23.6 Å². The Morgan fingerprint density at radius 1 is 1.03 bits per heavy atom. The van der Waals surface area contributed by atoms with Crippen molar-refractivity contribution in [2.45, 2.75) is 13.8 Å². The van der Waals surface area contributed by atoms with Crippen molar-refractivity contribution in [1.29, 1.82) is 0 Å². The van der Waals surface area contributed by atoms with Gasteiger partial charge >= 0.3 is 5.97 Å². The Hall–Kier alpha value is -4.02. The molecule has 11 nitrogen and oxygen atoms in total. The fourth-order valence-corrected chi connectivity index (χ4v) is 2.27. The standard InChI is InChI=1S/C18H18N8O3/c1-10-5-12(6-11(2)14(10)27)24-25-17-21-15(22-18(23-17)26(3)4)16(28)29-13-7-19-9-20-8-13/h5-9,27H,1-4H3/b25-24+. The van der Waals surface area contributed by atoms with Crippen molar-refractivity contribution in [1.82, 2.24) is 24.9 Å². The van der Waals surface area contributed by atoms with Crippen LogP contribution in [0.2, 0.25) is 0 Å². The summed E-state index contributed by atoms with van der Waals surface area (Å²) in [5, 5.41) is 18.0. The summed E-state index contributed by atoms with van der Waals surface area (Å²) in [5.41, 5.74) is 1.84. The van der Waals surface area contributed by atoms with Crippen molar-refractivity contribution in [3.63, 3.8) is 0 Å². The van der Waals surface area contributed by atoms with E-state index in [4.69, 9.17) is 4.74 Å². The van der Waals surface area contributed by atoms with Gasteiger partial charge in [-0.2, -0.15) is 15.0 Å². The second-order valence-electron chi connectivity index (χ2n) is 6.25. The molecule has 0 bridgehead atoms. The van der Waals surface area contributed by atoms with Crippen molar-refractivity contribution in [2.24, 2.45) is 10.2 Å². The molecule has 2 aromatic heterocycles. The van der Waals surface area contributed by atoms with Crippen LogP contribution >= 0.6 is 0 Å². The molecular weight excluding hydrogens is 376 g/mol. The molecule has 0 saturated heterocycles. The van der Waals surface area contributed by atoms with Gasteiger partial charge in [0.1, 0.15) is 12.1 Å². The third-order valence-corrected chi connectivity index (χ3v) is 3.67. The third kappa shape index (κ3) is 4.83. The SMILES string of the molecule is Cc1cc(/N=N/c2nc(C(=O)Oc3cncnc3)nc(N(C)C)n2)cc(C)c1O. The van der Waals surface area contributed by atoms with E-state index in [1.807, 2.05) is 0 Å². The normalized spacial score (nSPS) is 10.9. The average molecular weight is 394 g/mol. The molecular formula is C18H18N8O3. The fraction of sp³-hybridized carbons (Fsp3) is 0.222. The highest BCUT2D eigenvalue weighted by atomic mass is 16.5. The Morgan fingerprint density at radius 2 is 1.69 bits per heavy atom. The summed E-state index contributed by atoms with van der Waals surface area (Å²) in [4.78, 5) is 33.8. The van der Waals surface area contributed by atoms with Crippen molar-refractivity contribution < 1.29 is 14.6 Å². The topological polar surface area (TPSA) is 139 Å². The number of ether oxygens (including phenoxy) is 1. The van der Waals surface area contributed by atoms with E-state index in [1.165, 1.54) is 18.7 Å². The zero-order valence-electron chi connectivity index (χ0n) is 16.2. The number of benzene rings is 1. The van der Waals surface area contributed by atoms with Gasteiger partial charge in [-0.15, -0.1) is 10.2 Å². The molecule has 0 unspecified atom stereocenters. The molecule has 0 fully saturated rings. The molecule has 2 heterocycles. The highest BCUT2D eigenvalue weighted by molar-refractivity contribution is 5.87. The van der Waals surface area contributed by atoms with Gasteiger partial charge in [-0.1, -0.05) is 0 Å². The summed E-state index contributed by atoms with van der Waals surface area (Å²) in [7, 11) is 3.42. The number of rotatable bonds is 5.